The summed E-state index contributed by atoms with van der Waals surface area (Å²) in [5.74, 6) is 1.46. The summed E-state index contributed by atoms with van der Waals surface area (Å²) in [5.41, 5.74) is 5.02. The number of halogens is 1. The Bertz CT molecular complexity index is 1600. The summed E-state index contributed by atoms with van der Waals surface area (Å²) in [4.78, 5) is 23.5. The van der Waals surface area contributed by atoms with E-state index >= 15 is 0 Å². The number of aromatic nitrogens is 3. The van der Waals surface area contributed by atoms with Crippen LogP contribution in [0.4, 0.5) is 0 Å². The molecule has 1 N–H and O–H groups in total. The van der Waals surface area contributed by atoms with Gasteiger partial charge in [-0.1, -0.05) is 17.7 Å². The Labute approximate surface area is 236 Å². The highest BCUT2D eigenvalue weighted by Gasteiger charge is 2.34. The molecule has 206 valence electrons. The Hall–Kier alpha value is -3.66. The second-order valence-corrected chi connectivity index (χ2v) is 11.0. The van der Waals surface area contributed by atoms with Crippen molar-refractivity contribution >= 4 is 28.6 Å². The molecule has 1 unspecified atom stereocenters. The molecule has 5 heterocycles. The lowest BCUT2D eigenvalue weighted by atomic mass is 9.91. The number of imidazole rings is 1. The van der Waals surface area contributed by atoms with Gasteiger partial charge in [-0.15, -0.1) is 0 Å². The maximum absolute atomic E-state index is 11.7. The molecule has 40 heavy (non-hydrogen) atoms. The van der Waals surface area contributed by atoms with Gasteiger partial charge >= 0.3 is 5.97 Å². The lowest BCUT2D eigenvalue weighted by Gasteiger charge is -2.38. The standard InChI is InChI=1S/C30H29ClN4O5/c1-17-28-18(3-7-25-29(28)40-26(16-39-25)23-6-4-20(31)13-32-23)8-10-34(17)15-27-33-22-5-2-19(30(36)37)12-24(22)35(27)14-21-9-11-38-21/h2-7,12-13,17,21,26H,8-11,14-16H2,1H3,(H,36,37)/t17?,21-,26+/m0/s1. The first-order chi connectivity index (χ1) is 19.4. The molecule has 4 aromatic rings. The van der Waals surface area contributed by atoms with Gasteiger partial charge in [-0.3, -0.25) is 9.88 Å². The van der Waals surface area contributed by atoms with Crippen molar-refractivity contribution in [3.05, 3.63) is 81.9 Å². The van der Waals surface area contributed by atoms with Crippen LogP contribution in [0.3, 0.4) is 0 Å². The molecule has 1 saturated heterocycles. The van der Waals surface area contributed by atoms with Crippen LogP contribution in [0.1, 0.15) is 58.5 Å². The summed E-state index contributed by atoms with van der Waals surface area (Å²) in [6, 6.07) is 13.0. The van der Waals surface area contributed by atoms with Gasteiger partial charge < -0.3 is 23.9 Å². The van der Waals surface area contributed by atoms with Gasteiger partial charge in [-0.05, 0) is 61.7 Å². The van der Waals surface area contributed by atoms with E-state index < -0.39 is 5.97 Å². The smallest absolute Gasteiger partial charge is 0.335 e. The van der Waals surface area contributed by atoms with E-state index in [1.54, 1.807) is 24.4 Å². The summed E-state index contributed by atoms with van der Waals surface area (Å²) in [6.45, 7) is 5.44. The zero-order valence-electron chi connectivity index (χ0n) is 22.0. The van der Waals surface area contributed by atoms with E-state index in [1.807, 2.05) is 18.2 Å². The number of hydrogen-bond donors (Lipinski definition) is 1. The van der Waals surface area contributed by atoms with E-state index in [0.717, 1.165) is 65.6 Å². The number of carboxylic acids is 1. The number of benzene rings is 2. The number of hydrogen-bond acceptors (Lipinski definition) is 7. The second-order valence-electron chi connectivity index (χ2n) is 10.6. The third kappa shape index (κ3) is 4.48. The van der Waals surface area contributed by atoms with Crippen LogP contribution in [-0.4, -0.2) is 56.4 Å². The zero-order valence-corrected chi connectivity index (χ0v) is 22.8. The third-order valence-electron chi connectivity index (χ3n) is 8.21. The predicted molar refractivity (Wildman–Crippen MR) is 148 cm³/mol. The zero-order chi connectivity index (χ0) is 27.4. The van der Waals surface area contributed by atoms with Crippen molar-refractivity contribution in [2.24, 2.45) is 0 Å². The van der Waals surface area contributed by atoms with Crippen LogP contribution in [0.15, 0.2) is 48.7 Å². The molecule has 10 heteroatoms. The lowest BCUT2D eigenvalue weighted by Crippen LogP contribution is -2.36. The van der Waals surface area contributed by atoms with E-state index in [2.05, 4.69) is 27.4 Å². The number of fused-ring (bicyclic) bond motifs is 4. The molecular weight excluding hydrogens is 532 g/mol. The molecule has 0 saturated carbocycles. The van der Waals surface area contributed by atoms with Crippen LogP contribution in [-0.2, 0) is 24.2 Å². The maximum atomic E-state index is 11.7. The first kappa shape index (κ1) is 25.3. The average molecular weight is 561 g/mol. The molecule has 3 aliphatic heterocycles. The van der Waals surface area contributed by atoms with E-state index in [9.17, 15) is 9.90 Å². The topological polar surface area (TPSA) is 98.9 Å². The molecule has 0 radical (unpaired) electrons. The molecule has 3 atom stereocenters. The van der Waals surface area contributed by atoms with Gasteiger partial charge in [0.1, 0.15) is 12.4 Å². The highest BCUT2D eigenvalue weighted by atomic mass is 35.5. The average Bonchev–Trinajstić information content (AvgIpc) is 3.28. The van der Waals surface area contributed by atoms with Crippen LogP contribution in [0.5, 0.6) is 11.5 Å². The first-order valence-electron chi connectivity index (χ1n) is 13.6. The van der Waals surface area contributed by atoms with Crippen molar-refractivity contribution in [1.82, 2.24) is 19.4 Å². The molecule has 0 amide bonds. The van der Waals surface area contributed by atoms with Crippen molar-refractivity contribution in [3.8, 4) is 11.5 Å². The molecule has 7 rings (SSSR count). The summed E-state index contributed by atoms with van der Waals surface area (Å²) < 4.78 is 20.6. The number of nitrogens with zero attached hydrogens (tertiary/aromatic N) is 4. The van der Waals surface area contributed by atoms with E-state index in [-0.39, 0.29) is 23.8 Å². The first-order valence-corrected chi connectivity index (χ1v) is 14.0. The monoisotopic (exact) mass is 560 g/mol. The number of rotatable bonds is 6. The Morgan fingerprint density at radius 1 is 1.20 bits per heavy atom. The number of pyridine rings is 1. The molecular formula is C30H29ClN4O5. The van der Waals surface area contributed by atoms with Gasteiger partial charge in [0.05, 0.1) is 46.5 Å². The van der Waals surface area contributed by atoms with Gasteiger partial charge in [0.2, 0.25) is 0 Å². The van der Waals surface area contributed by atoms with Crippen molar-refractivity contribution in [1.29, 1.82) is 0 Å². The van der Waals surface area contributed by atoms with Gasteiger partial charge in [0, 0.05) is 31.0 Å². The Morgan fingerprint density at radius 2 is 2.08 bits per heavy atom. The Kier molecular flexibility index (Phi) is 6.37. The normalized spacial score (nSPS) is 22.1. The quantitative estimate of drug-likeness (QED) is 0.343. The highest BCUT2D eigenvalue weighted by Crippen LogP contribution is 2.46. The summed E-state index contributed by atoms with van der Waals surface area (Å²) in [6.07, 6.45) is 3.27. The molecule has 0 aliphatic carbocycles. The number of ether oxygens (including phenoxy) is 3. The minimum absolute atomic E-state index is 0.0435. The molecule has 9 nitrogen and oxygen atoms in total. The summed E-state index contributed by atoms with van der Waals surface area (Å²) >= 11 is 6.05. The minimum atomic E-state index is -0.948. The van der Waals surface area contributed by atoms with Crippen molar-refractivity contribution < 1.29 is 24.1 Å². The van der Waals surface area contributed by atoms with Gasteiger partial charge in [-0.2, -0.15) is 0 Å². The summed E-state index contributed by atoms with van der Waals surface area (Å²) in [5, 5.41) is 10.2. The fraction of sp³-hybridized carbons (Fsp3) is 0.367. The minimum Gasteiger partial charge on any atom is -0.485 e. The fourth-order valence-electron chi connectivity index (χ4n) is 5.90. The highest BCUT2D eigenvalue weighted by molar-refractivity contribution is 6.30. The Balaban J connectivity index is 1.21. The van der Waals surface area contributed by atoms with Crippen LogP contribution < -0.4 is 9.47 Å². The van der Waals surface area contributed by atoms with Gasteiger partial charge in [0.25, 0.3) is 0 Å². The van der Waals surface area contributed by atoms with Crippen LogP contribution >= 0.6 is 11.6 Å². The SMILES string of the molecule is CC1c2c(ccc3c2O[C@@H](c2ccc(Cl)cn2)CO3)CCN1Cc1nc2ccc(C(=O)O)cc2n1C[C@@H]1CCO1. The molecule has 1 fully saturated rings. The molecule has 2 aromatic heterocycles. The fourth-order valence-corrected chi connectivity index (χ4v) is 6.01. The van der Waals surface area contributed by atoms with Crippen LogP contribution in [0, 0.1) is 0 Å². The maximum Gasteiger partial charge on any atom is 0.335 e. The largest absolute Gasteiger partial charge is 0.485 e. The third-order valence-corrected chi connectivity index (χ3v) is 8.44. The van der Waals surface area contributed by atoms with E-state index in [1.165, 1.54) is 5.56 Å². The second kappa shape index (κ2) is 10.1. The van der Waals surface area contributed by atoms with Crippen LogP contribution in [0.25, 0.3) is 11.0 Å². The number of aromatic carboxylic acids is 1. The van der Waals surface area contributed by atoms with Crippen molar-refractivity contribution in [2.75, 3.05) is 19.8 Å². The van der Waals surface area contributed by atoms with E-state index in [0.29, 0.717) is 24.7 Å². The molecule has 3 aliphatic rings. The number of carbonyl (C=O) groups is 1. The van der Waals surface area contributed by atoms with Crippen molar-refractivity contribution in [3.63, 3.8) is 0 Å². The van der Waals surface area contributed by atoms with Gasteiger partial charge in [-0.25, -0.2) is 9.78 Å². The summed E-state index contributed by atoms with van der Waals surface area (Å²) in [7, 11) is 0. The van der Waals surface area contributed by atoms with Crippen molar-refractivity contribution in [2.45, 2.75) is 51.1 Å². The molecule has 0 spiro atoms. The lowest BCUT2D eigenvalue weighted by molar-refractivity contribution is -0.0592. The van der Waals surface area contributed by atoms with Gasteiger partial charge in [0.15, 0.2) is 17.6 Å². The molecule has 0 bridgehead atoms. The van der Waals surface area contributed by atoms with E-state index in [4.69, 9.17) is 30.8 Å². The molecule has 2 aromatic carbocycles. The predicted octanol–water partition coefficient (Wildman–Crippen LogP) is 5.20. The number of carboxylic acid groups (broad SMARTS) is 1. The Morgan fingerprint density at radius 3 is 2.83 bits per heavy atom. The van der Waals surface area contributed by atoms with Crippen LogP contribution in [0.2, 0.25) is 5.02 Å².